The highest BCUT2D eigenvalue weighted by molar-refractivity contribution is 7.17. The first-order valence-electron chi connectivity index (χ1n) is 9.33. The monoisotopic (exact) mass is 497 g/mol. The van der Waals surface area contributed by atoms with E-state index in [9.17, 15) is 9.59 Å². The smallest absolute Gasteiger partial charge is 0.271 e. The van der Waals surface area contributed by atoms with Gasteiger partial charge in [-0.25, -0.2) is 9.97 Å². The molecule has 0 fully saturated rings. The van der Waals surface area contributed by atoms with E-state index >= 15 is 0 Å². The molecule has 3 rings (SSSR count). The maximum absolute atomic E-state index is 12.9. The van der Waals surface area contributed by atoms with Crippen molar-refractivity contribution < 1.29 is 9.59 Å². The summed E-state index contributed by atoms with van der Waals surface area (Å²) in [6, 6.07) is 3.67. The fraction of sp³-hybridized carbons (Fsp3) is 0.300. The lowest BCUT2D eigenvalue weighted by Gasteiger charge is -2.20. The standard InChI is InChI=1S/C20H21Cl2N5O2S2/c1-10(2)27(4)8-14-16(13-7-11(21)9-30-13)25-20(31-14)26-18(28)12-5-6-24-17(15(12)22)19(29)23-3/h5-7,9-10H,8H2,1-4H3,(H,23,29)(H,25,26,28). The first-order valence-corrected chi connectivity index (χ1v) is 11.8. The van der Waals surface area contributed by atoms with Crippen LogP contribution >= 0.6 is 45.9 Å². The fourth-order valence-electron chi connectivity index (χ4n) is 2.61. The van der Waals surface area contributed by atoms with E-state index in [1.54, 1.807) is 0 Å². The Bertz CT molecular complexity index is 1110. The summed E-state index contributed by atoms with van der Waals surface area (Å²) < 4.78 is 0. The van der Waals surface area contributed by atoms with Gasteiger partial charge in [-0.1, -0.05) is 34.5 Å². The number of thiazole rings is 1. The Morgan fingerprint density at radius 2 is 2.00 bits per heavy atom. The van der Waals surface area contributed by atoms with Crippen LogP contribution < -0.4 is 10.6 Å². The third kappa shape index (κ3) is 5.42. The van der Waals surface area contributed by atoms with Crippen molar-refractivity contribution in [1.29, 1.82) is 0 Å². The van der Waals surface area contributed by atoms with E-state index in [1.165, 1.54) is 42.0 Å². The maximum atomic E-state index is 12.9. The number of anilines is 1. The van der Waals surface area contributed by atoms with Crippen LogP contribution in [-0.2, 0) is 6.54 Å². The van der Waals surface area contributed by atoms with Crippen LogP contribution in [0.15, 0.2) is 23.7 Å². The molecule has 0 atom stereocenters. The lowest BCUT2D eigenvalue weighted by Crippen LogP contribution is -2.25. The highest BCUT2D eigenvalue weighted by Crippen LogP contribution is 2.37. The van der Waals surface area contributed by atoms with Gasteiger partial charge in [-0.3, -0.25) is 19.8 Å². The van der Waals surface area contributed by atoms with Gasteiger partial charge in [-0.15, -0.1) is 11.3 Å². The van der Waals surface area contributed by atoms with Crippen molar-refractivity contribution in [2.24, 2.45) is 0 Å². The molecule has 7 nitrogen and oxygen atoms in total. The molecule has 164 valence electrons. The first-order chi connectivity index (χ1) is 14.7. The van der Waals surface area contributed by atoms with Gasteiger partial charge in [-0.2, -0.15) is 0 Å². The van der Waals surface area contributed by atoms with Gasteiger partial charge in [0.1, 0.15) is 5.69 Å². The molecule has 0 unspecified atom stereocenters. The van der Waals surface area contributed by atoms with Gasteiger partial charge in [0.2, 0.25) is 0 Å². The van der Waals surface area contributed by atoms with Crippen LogP contribution in [0, 0.1) is 0 Å². The Balaban J connectivity index is 1.92. The second kappa shape index (κ2) is 10.1. The summed E-state index contributed by atoms with van der Waals surface area (Å²) in [4.78, 5) is 37.5. The summed E-state index contributed by atoms with van der Waals surface area (Å²) in [6.45, 7) is 4.90. The lowest BCUT2D eigenvalue weighted by atomic mass is 10.2. The van der Waals surface area contributed by atoms with Gasteiger partial charge in [0.05, 0.1) is 26.2 Å². The zero-order chi connectivity index (χ0) is 22.7. The minimum Gasteiger partial charge on any atom is -0.354 e. The summed E-state index contributed by atoms with van der Waals surface area (Å²) in [7, 11) is 3.50. The van der Waals surface area contributed by atoms with Crippen LogP contribution in [0.3, 0.4) is 0 Å². The largest absolute Gasteiger partial charge is 0.354 e. The van der Waals surface area contributed by atoms with E-state index in [1.807, 2.05) is 18.5 Å². The van der Waals surface area contributed by atoms with Crippen LogP contribution in [0.1, 0.15) is 39.6 Å². The predicted octanol–water partition coefficient (Wildman–Crippen LogP) is 5.03. The van der Waals surface area contributed by atoms with Gasteiger partial charge in [-0.05, 0) is 33.0 Å². The molecule has 3 aromatic heterocycles. The van der Waals surface area contributed by atoms with Gasteiger partial charge in [0.25, 0.3) is 11.8 Å². The van der Waals surface area contributed by atoms with Crippen LogP contribution in [0.5, 0.6) is 0 Å². The zero-order valence-corrected chi connectivity index (χ0v) is 20.5. The number of hydrogen-bond donors (Lipinski definition) is 2. The summed E-state index contributed by atoms with van der Waals surface area (Å²) in [6.07, 6.45) is 1.37. The second-order valence-electron chi connectivity index (χ2n) is 6.98. The molecular weight excluding hydrogens is 477 g/mol. The van der Waals surface area contributed by atoms with Crippen molar-refractivity contribution in [3.63, 3.8) is 0 Å². The van der Waals surface area contributed by atoms with Gasteiger partial charge in [0.15, 0.2) is 5.13 Å². The number of rotatable bonds is 7. The number of amides is 2. The van der Waals surface area contributed by atoms with Gasteiger partial charge < -0.3 is 5.32 Å². The minimum absolute atomic E-state index is 0.0101. The van der Waals surface area contributed by atoms with Crippen molar-refractivity contribution in [2.75, 3.05) is 19.4 Å². The number of carbonyl (C=O) groups excluding carboxylic acids is 2. The molecule has 0 aliphatic heterocycles. The highest BCUT2D eigenvalue weighted by Gasteiger charge is 2.22. The summed E-state index contributed by atoms with van der Waals surface area (Å²) in [5.41, 5.74) is 0.924. The molecule has 31 heavy (non-hydrogen) atoms. The van der Waals surface area contributed by atoms with Crippen molar-refractivity contribution in [3.8, 4) is 10.6 Å². The molecular formula is C20H21Cl2N5O2S2. The number of nitrogens with zero attached hydrogens (tertiary/aromatic N) is 3. The summed E-state index contributed by atoms with van der Waals surface area (Å²) in [5, 5.41) is 8.17. The van der Waals surface area contributed by atoms with E-state index in [0.717, 1.165) is 15.4 Å². The van der Waals surface area contributed by atoms with Crippen molar-refractivity contribution in [3.05, 3.63) is 49.9 Å². The molecule has 0 aliphatic rings. The number of pyridine rings is 1. The molecule has 0 saturated heterocycles. The van der Waals surface area contributed by atoms with Gasteiger partial charge in [0, 0.05) is 36.1 Å². The Morgan fingerprint density at radius 3 is 2.61 bits per heavy atom. The molecule has 0 bridgehead atoms. The summed E-state index contributed by atoms with van der Waals surface area (Å²) in [5.74, 6) is -0.935. The van der Waals surface area contributed by atoms with Crippen molar-refractivity contribution in [2.45, 2.75) is 26.4 Å². The van der Waals surface area contributed by atoms with Crippen molar-refractivity contribution >= 4 is 62.8 Å². The fourth-order valence-corrected chi connectivity index (χ4v) is 5.08. The Labute approximate surface area is 198 Å². The Morgan fingerprint density at radius 1 is 1.26 bits per heavy atom. The molecule has 11 heteroatoms. The quantitative estimate of drug-likeness (QED) is 0.478. The number of hydrogen-bond acceptors (Lipinski definition) is 7. The molecule has 3 heterocycles. The number of carbonyl (C=O) groups is 2. The molecule has 0 radical (unpaired) electrons. The van der Waals surface area contributed by atoms with Crippen LogP contribution in [0.2, 0.25) is 10.0 Å². The third-order valence-corrected chi connectivity index (χ3v) is 7.19. The minimum atomic E-state index is -0.468. The van der Waals surface area contributed by atoms with Crippen LogP contribution in [0.25, 0.3) is 10.6 Å². The van der Waals surface area contributed by atoms with E-state index < -0.39 is 11.8 Å². The second-order valence-corrected chi connectivity index (χ2v) is 9.79. The Hall–Kier alpha value is -2.04. The predicted molar refractivity (Wildman–Crippen MR) is 128 cm³/mol. The summed E-state index contributed by atoms with van der Waals surface area (Å²) >= 11 is 15.3. The van der Waals surface area contributed by atoms with E-state index in [2.05, 4.69) is 39.3 Å². The van der Waals surface area contributed by atoms with Crippen LogP contribution in [0.4, 0.5) is 5.13 Å². The molecule has 3 aromatic rings. The SMILES string of the molecule is CNC(=O)c1nccc(C(=O)Nc2nc(-c3cc(Cl)cs3)c(CN(C)C(C)C)s2)c1Cl. The topological polar surface area (TPSA) is 87.2 Å². The lowest BCUT2D eigenvalue weighted by molar-refractivity contribution is 0.0958. The number of aromatic nitrogens is 2. The average Bonchev–Trinajstić information content (AvgIpc) is 3.33. The van der Waals surface area contributed by atoms with E-state index in [4.69, 9.17) is 23.2 Å². The highest BCUT2D eigenvalue weighted by atomic mass is 35.5. The first kappa shape index (κ1) is 23.6. The van der Waals surface area contributed by atoms with Crippen molar-refractivity contribution in [1.82, 2.24) is 20.2 Å². The van der Waals surface area contributed by atoms with Gasteiger partial charge >= 0.3 is 0 Å². The molecule has 0 spiro atoms. The molecule has 0 aliphatic carbocycles. The zero-order valence-electron chi connectivity index (χ0n) is 17.3. The normalized spacial score (nSPS) is 11.2. The molecule has 2 amide bonds. The number of halogens is 2. The molecule has 2 N–H and O–H groups in total. The third-order valence-electron chi connectivity index (χ3n) is 4.57. The molecule has 0 aromatic carbocycles. The van der Waals surface area contributed by atoms with E-state index in [-0.39, 0.29) is 16.3 Å². The maximum Gasteiger partial charge on any atom is 0.271 e. The van der Waals surface area contributed by atoms with E-state index in [0.29, 0.717) is 22.7 Å². The van der Waals surface area contributed by atoms with Crippen LogP contribution in [-0.4, -0.2) is 46.8 Å². The average molecular weight is 498 g/mol. The number of nitrogens with one attached hydrogen (secondary N) is 2. The Kier molecular flexibility index (Phi) is 7.66. The number of thiophene rings is 1. The molecule has 0 saturated carbocycles.